The zero-order valence-electron chi connectivity index (χ0n) is 13.3. The van der Waals surface area contributed by atoms with Gasteiger partial charge in [0.1, 0.15) is 0 Å². The smallest absolute Gasteiger partial charge is 0.355 e. The van der Waals surface area contributed by atoms with Gasteiger partial charge in [-0.2, -0.15) is 13.2 Å². The summed E-state index contributed by atoms with van der Waals surface area (Å²) < 4.78 is 38.5. The first kappa shape index (κ1) is 19.1. The summed E-state index contributed by atoms with van der Waals surface area (Å²) >= 11 is 0. The van der Waals surface area contributed by atoms with Crippen LogP contribution >= 0.6 is 12.4 Å². The van der Waals surface area contributed by atoms with Gasteiger partial charge < -0.3 is 10.6 Å². The molecule has 0 aromatic heterocycles. The van der Waals surface area contributed by atoms with E-state index in [0.29, 0.717) is 30.9 Å². The van der Waals surface area contributed by atoms with Gasteiger partial charge in [-0.1, -0.05) is 18.2 Å². The predicted molar refractivity (Wildman–Crippen MR) is 88.2 cm³/mol. The molecule has 3 nitrogen and oxygen atoms in total. The summed E-state index contributed by atoms with van der Waals surface area (Å²) in [4.78, 5) is 12.5. The summed E-state index contributed by atoms with van der Waals surface area (Å²) in [7, 11) is 0. The Morgan fingerprint density at radius 1 is 1.33 bits per heavy atom. The molecule has 0 bridgehead atoms. The van der Waals surface area contributed by atoms with E-state index in [1.54, 1.807) is 6.07 Å². The summed E-state index contributed by atoms with van der Waals surface area (Å²) in [6, 6.07) is 5.18. The number of hydrogen-bond donors (Lipinski definition) is 2. The zero-order valence-corrected chi connectivity index (χ0v) is 14.1. The van der Waals surface area contributed by atoms with Crippen molar-refractivity contribution in [1.82, 2.24) is 10.6 Å². The first-order valence-electron chi connectivity index (χ1n) is 8.08. The highest BCUT2D eigenvalue weighted by molar-refractivity contribution is 5.91. The highest BCUT2D eigenvalue weighted by Crippen LogP contribution is 2.49. The van der Waals surface area contributed by atoms with Crippen LogP contribution in [0.15, 0.2) is 24.3 Å². The number of rotatable bonds is 5. The molecule has 1 aliphatic carbocycles. The highest BCUT2D eigenvalue weighted by atomic mass is 35.5. The second-order valence-corrected chi connectivity index (χ2v) is 6.56. The van der Waals surface area contributed by atoms with Gasteiger partial charge in [0.15, 0.2) is 0 Å². The van der Waals surface area contributed by atoms with Crippen molar-refractivity contribution in [3.05, 3.63) is 35.4 Å². The molecule has 1 heterocycles. The van der Waals surface area contributed by atoms with Crippen LogP contribution in [-0.2, 0) is 16.4 Å². The normalized spacial score (nSPS) is 21.9. The third kappa shape index (κ3) is 4.03. The molecule has 7 heteroatoms. The van der Waals surface area contributed by atoms with Crippen molar-refractivity contribution in [3.63, 3.8) is 0 Å². The van der Waals surface area contributed by atoms with Crippen molar-refractivity contribution in [2.24, 2.45) is 5.92 Å². The van der Waals surface area contributed by atoms with Crippen molar-refractivity contribution >= 4 is 18.3 Å². The van der Waals surface area contributed by atoms with Crippen molar-refractivity contribution in [2.75, 3.05) is 19.6 Å². The van der Waals surface area contributed by atoms with Gasteiger partial charge in [-0.05, 0) is 56.3 Å². The molecule has 1 aromatic rings. The quantitative estimate of drug-likeness (QED) is 0.844. The van der Waals surface area contributed by atoms with Crippen LogP contribution < -0.4 is 10.6 Å². The molecule has 1 saturated carbocycles. The van der Waals surface area contributed by atoms with Crippen molar-refractivity contribution in [3.8, 4) is 0 Å². The molecule has 1 aromatic carbocycles. The lowest BCUT2D eigenvalue weighted by Crippen LogP contribution is -2.36. The van der Waals surface area contributed by atoms with Gasteiger partial charge >= 0.3 is 6.18 Å². The second kappa shape index (κ2) is 7.31. The third-order valence-corrected chi connectivity index (χ3v) is 4.93. The molecular formula is C17H22ClF3N2O. The maximum absolute atomic E-state index is 12.8. The Morgan fingerprint density at radius 3 is 2.67 bits per heavy atom. The van der Waals surface area contributed by atoms with Crippen LogP contribution in [0.3, 0.4) is 0 Å². The largest absolute Gasteiger partial charge is 0.416 e. The monoisotopic (exact) mass is 362 g/mol. The molecule has 134 valence electrons. The van der Waals surface area contributed by atoms with E-state index in [4.69, 9.17) is 0 Å². The van der Waals surface area contributed by atoms with Gasteiger partial charge in [0.2, 0.25) is 5.91 Å². The van der Waals surface area contributed by atoms with Crippen LogP contribution in [0, 0.1) is 5.92 Å². The van der Waals surface area contributed by atoms with Crippen molar-refractivity contribution < 1.29 is 18.0 Å². The Bertz CT molecular complexity index is 581. The minimum atomic E-state index is -4.38. The first-order chi connectivity index (χ1) is 10.9. The molecule has 0 radical (unpaired) electrons. The lowest BCUT2D eigenvalue weighted by molar-refractivity contribution is -0.137. The molecule has 3 rings (SSSR count). The Labute approximate surface area is 145 Å². The Hall–Kier alpha value is -1.27. The fraction of sp³-hybridized carbons (Fsp3) is 0.588. The lowest BCUT2D eigenvalue weighted by Gasteiger charge is -2.18. The summed E-state index contributed by atoms with van der Waals surface area (Å²) in [5, 5.41) is 6.20. The molecule has 0 spiro atoms. The van der Waals surface area contributed by atoms with E-state index in [-0.39, 0.29) is 18.3 Å². The Morgan fingerprint density at radius 2 is 2.08 bits per heavy atom. The second-order valence-electron chi connectivity index (χ2n) is 6.56. The zero-order chi connectivity index (χ0) is 16.5. The van der Waals surface area contributed by atoms with Crippen LogP contribution in [0.5, 0.6) is 0 Å². The maximum Gasteiger partial charge on any atom is 0.416 e. The number of hydrogen-bond acceptors (Lipinski definition) is 2. The van der Waals surface area contributed by atoms with Crippen molar-refractivity contribution in [2.45, 2.75) is 37.3 Å². The fourth-order valence-electron chi connectivity index (χ4n) is 3.28. The van der Waals surface area contributed by atoms with E-state index >= 15 is 0 Å². The number of halogens is 4. The Balaban J connectivity index is 0.00000208. The van der Waals surface area contributed by atoms with E-state index in [2.05, 4.69) is 10.6 Å². The van der Waals surface area contributed by atoms with Crippen LogP contribution in [0.4, 0.5) is 13.2 Å². The van der Waals surface area contributed by atoms with E-state index in [1.165, 1.54) is 6.07 Å². The molecule has 2 fully saturated rings. The maximum atomic E-state index is 12.8. The fourth-order valence-corrected chi connectivity index (χ4v) is 3.28. The first-order valence-corrected chi connectivity index (χ1v) is 8.08. The molecule has 1 aliphatic heterocycles. The van der Waals surface area contributed by atoms with Gasteiger partial charge in [-0.3, -0.25) is 4.79 Å². The number of carbonyl (C=O) groups excluding carboxylic acids is 1. The standard InChI is InChI=1S/C17H21F3N2O.ClH/c18-17(19,20)14-3-1-2-13(10-14)16(6-7-16)15(23)22-9-5-12-4-8-21-11-12;/h1-3,10,12,21H,4-9,11H2,(H,22,23);1H. The SMILES string of the molecule is Cl.O=C(NCCC1CCNC1)C1(c2cccc(C(F)(F)F)c2)CC1. The van der Waals surface area contributed by atoms with Gasteiger partial charge in [-0.25, -0.2) is 0 Å². The minimum Gasteiger partial charge on any atom is -0.355 e. The molecular weight excluding hydrogens is 341 g/mol. The van der Waals surface area contributed by atoms with Crippen LogP contribution in [0.1, 0.15) is 36.8 Å². The van der Waals surface area contributed by atoms with Gasteiger partial charge in [0.25, 0.3) is 0 Å². The number of nitrogens with one attached hydrogen (secondary N) is 2. The third-order valence-electron chi connectivity index (χ3n) is 4.93. The van der Waals surface area contributed by atoms with E-state index in [1.807, 2.05) is 0 Å². The molecule has 2 N–H and O–H groups in total. The van der Waals surface area contributed by atoms with Gasteiger partial charge in [0.05, 0.1) is 11.0 Å². The molecule has 1 amide bonds. The minimum absolute atomic E-state index is 0. The van der Waals surface area contributed by atoms with Crippen LogP contribution in [-0.4, -0.2) is 25.5 Å². The molecule has 1 unspecified atom stereocenters. The summed E-state index contributed by atoms with van der Waals surface area (Å²) in [6.07, 6.45) is -1.11. The van der Waals surface area contributed by atoms with Gasteiger partial charge in [-0.15, -0.1) is 12.4 Å². The number of amides is 1. The molecule has 1 atom stereocenters. The van der Waals surface area contributed by atoms with Crippen LogP contribution in [0.25, 0.3) is 0 Å². The molecule has 1 saturated heterocycles. The van der Waals surface area contributed by atoms with Crippen LogP contribution in [0.2, 0.25) is 0 Å². The summed E-state index contributed by atoms with van der Waals surface area (Å²) in [5.41, 5.74) is -0.965. The lowest BCUT2D eigenvalue weighted by atomic mass is 9.93. The predicted octanol–water partition coefficient (Wildman–Crippen LogP) is 3.27. The van der Waals surface area contributed by atoms with Crippen molar-refractivity contribution in [1.29, 1.82) is 0 Å². The van der Waals surface area contributed by atoms with E-state index < -0.39 is 17.2 Å². The number of carbonyl (C=O) groups is 1. The molecule has 24 heavy (non-hydrogen) atoms. The topological polar surface area (TPSA) is 41.1 Å². The number of alkyl halides is 3. The molecule has 2 aliphatic rings. The number of benzene rings is 1. The Kier molecular flexibility index (Phi) is 5.81. The highest BCUT2D eigenvalue weighted by Gasteiger charge is 2.51. The van der Waals surface area contributed by atoms with E-state index in [0.717, 1.165) is 38.1 Å². The summed E-state index contributed by atoms with van der Waals surface area (Å²) in [5.74, 6) is 0.446. The van der Waals surface area contributed by atoms with Gasteiger partial charge in [0, 0.05) is 6.54 Å². The summed E-state index contributed by atoms with van der Waals surface area (Å²) in [6.45, 7) is 2.59. The average Bonchev–Trinajstić information content (AvgIpc) is 3.17. The average molecular weight is 363 g/mol. The van der Waals surface area contributed by atoms with E-state index in [9.17, 15) is 18.0 Å².